The second-order valence-electron chi connectivity index (χ2n) is 6.11. The summed E-state index contributed by atoms with van der Waals surface area (Å²) >= 11 is 0. The Kier molecular flexibility index (Phi) is 4.72. The topological polar surface area (TPSA) is 51.0 Å². The molecule has 0 atom stereocenters. The Hall–Kier alpha value is -1.46. The summed E-state index contributed by atoms with van der Waals surface area (Å²) in [5.74, 6) is 1.39. The molecule has 0 bridgehead atoms. The van der Waals surface area contributed by atoms with Crippen molar-refractivity contribution in [2.45, 2.75) is 39.5 Å². The Bertz CT molecular complexity index is 543. The fourth-order valence-electron chi connectivity index (χ4n) is 1.99. The maximum Gasteiger partial charge on any atom is 0.227 e. The van der Waals surface area contributed by atoms with E-state index in [1.54, 1.807) is 0 Å². The molecule has 2 aromatic rings. The predicted octanol–water partition coefficient (Wildman–Crippen LogP) is 2.26. The first-order chi connectivity index (χ1) is 9.45. The highest BCUT2D eigenvalue weighted by molar-refractivity contribution is 6.88. The van der Waals surface area contributed by atoms with Crippen LogP contribution in [0.2, 0.25) is 19.6 Å². The van der Waals surface area contributed by atoms with Crippen LogP contribution in [0.25, 0.3) is 0 Å². The first kappa shape index (κ1) is 14.9. The summed E-state index contributed by atoms with van der Waals surface area (Å²) in [5, 5.41) is 8.68. The Morgan fingerprint density at radius 3 is 2.40 bits per heavy atom. The Balaban J connectivity index is 1.77. The van der Waals surface area contributed by atoms with Gasteiger partial charge < -0.3 is 9.84 Å². The molecule has 0 fully saturated rings. The molecule has 1 aromatic carbocycles. The van der Waals surface area contributed by atoms with Crippen molar-refractivity contribution in [2.24, 2.45) is 0 Å². The van der Waals surface area contributed by atoms with Crippen LogP contribution in [-0.2, 0) is 13.0 Å². The molecule has 1 aromatic heterocycles. The number of benzene rings is 1. The van der Waals surface area contributed by atoms with Crippen LogP contribution < -0.4 is 10.5 Å². The first-order valence-corrected chi connectivity index (χ1v) is 10.5. The first-order valence-electron chi connectivity index (χ1n) is 7.04. The lowest BCUT2D eigenvalue weighted by molar-refractivity contribution is 0.372. The van der Waals surface area contributed by atoms with Gasteiger partial charge in [-0.3, -0.25) is 0 Å². The van der Waals surface area contributed by atoms with E-state index in [1.807, 2.05) is 6.92 Å². The summed E-state index contributed by atoms with van der Waals surface area (Å²) in [4.78, 5) is 4.18. The van der Waals surface area contributed by atoms with Crippen LogP contribution in [0.1, 0.15) is 17.3 Å². The van der Waals surface area contributed by atoms with Gasteiger partial charge in [0, 0.05) is 19.5 Å². The number of hydrogen-bond acceptors (Lipinski definition) is 4. The SMILES string of the molecule is Cc1noc(CCNCc2ccc([Si](C)(C)C)cc2)n1. The quantitative estimate of drug-likeness (QED) is 0.654. The van der Waals surface area contributed by atoms with Gasteiger partial charge in [-0.2, -0.15) is 4.98 Å². The average molecular weight is 289 g/mol. The lowest BCUT2D eigenvalue weighted by atomic mass is 10.2. The van der Waals surface area contributed by atoms with E-state index in [0.29, 0.717) is 11.7 Å². The molecule has 2 rings (SSSR count). The maximum atomic E-state index is 5.07. The van der Waals surface area contributed by atoms with Gasteiger partial charge in [0.25, 0.3) is 0 Å². The Labute approximate surface area is 121 Å². The Morgan fingerprint density at radius 1 is 1.15 bits per heavy atom. The third-order valence-corrected chi connectivity index (χ3v) is 5.30. The van der Waals surface area contributed by atoms with Gasteiger partial charge in [0.2, 0.25) is 5.89 Å². The van der Waals surface area contributed by atoms with Crippen LogP contribution in [0.5, 0.6) is 0 Å². The van der Waals surface area contributed by atoms with Crippen LogP contribution in [0.4, 0.5) is 0 Å². The van der Waals surface area contributed by atoms with Crippen molar-refractivity contribution < 1.29 is 4.52 Å². The van der Waals surface area contributed by atoms with Gasteiger partial charge in [0.15, 0.2) is 5.82 Å². The molecule has 1 heterocycles. The molecular formula is C15H23N3OSi. The van der Waals surface area contributed by atoms with Crippen molar-refractivity contribution in [2.75, 3.05) is 6.54 Å². The number of hydrogen-bond donors (Lipinski definition) is 1. The zero-order chi connectivity index (χ0) is 14.6. The van der Waals surface area contributed by atoms with Crippen molar-refractivity contribution in [1.29, 1.82) is 0 Å². The highest BCUT2D eigenvalue weighted by atomic mass is 28.3. The van der Waals surface area contributed by atoms with Crippen molar-refractivity contribution >= 4 is 13.3 Å². The fraction of sp³-hybridized carbons (Fsp3) is 0.467. The molecule has 4 nitrogen and oxygen atoms in total. The molecule has 0 spiro atoms. The zero-order valence-electron chi connectivity index (χ0n) is 12.7. The molecule has 0 amide bonds. The largest absolute Gasteiger partial charge is 0.339 e. The molecule has 1 N–H and O–H groups in total. The average Bonchev–Trinajstić information content (AvgIpc) is 2.80. The van der Waals surface area contributed by atoms with Gasteiger partial charge in [-0.25, -0.2) is 0 Å². The molecule has 0 aliphatic heterocycles. The van der Waals surface area contributed by atoms with Gasteiger partial charge in [-0.1, -0.05) is 54.2 Å². The summed E-state index contributed by atoms with van der Waals surface area (Å²) in [5.41, 5.74) is 1.31. The standard InChI is InChI=1S/C15H23N3OSi/c1-12-17-15(19-18-12)9-10-16-11-13-5-7-14(8-6-13)20(2,3)4/h5-8,16H,9-11H2,1-4H3. The molecular weight excluding hydrogens is 266 g/mol. The molecule has 0 aliphatic rings. The van der Waals surface area contributed by atoms with Crippen LogP contribution in [0, 0.1) is 6.92 Å². The lowest BCUT2D eigenvalue weighted by Crippen LogP contribution is -2.37. The van der Waals surface area contributed by atoms with Crippen molar-refractivity contribution in [3.8, 4) is 0 Å². The van der Waals surface area contributed by atoms with E-state index in [9.17, 15) is 0 Å². The minimum absolute atomic E-state index is 0.696. The summed E-state index contributed by atoms with van der Waals surface area (Å²) in [6, 6.07) is 8.98. The fourth-order valence-corrected chi connectivity index (χ4v) is 3.16. The number of nitrogens with one attached hydrogen (secondary N) is 1. The highest BCUT2D eigenvalue weighted by Gasteiger charge is 2.15. The van der Waals surface area contributed by atoms with E-state index in [0.717, 1.165) is 19.5 Å². The van der Waals surface area contributed by atoms with Gasteiger partial charge in [-0.15, -0.1) is 0 Å². The smallest absolute Gasteiger partial charge is 0.227 e. The predicted molar refractivity (Wildman–Crippen MR) is 83.9 cm³/mol. The van der Waals surface area contributed by atoms with Crippen molar-refractivity contribution in [1.82, 2.24) is 15.5 Å². The van der Waals surface area contributed by atoms with Crippen LogP contribution in [-0.4, -0.2) is 24.8 Å². The van der Waals surface area contributed by atoms with Crippen molar-refractivity contribution in [3.63, 3.8) is 0 Å². The highest BCUT2D eigenvalue weighted by Crippen LogP contribution is 2.04. The third kappa shape index (κ3) is 4.28. The molecule has 20 heavy (non-hydrogen) atoms. The van der Waals surface area contributed by atoms with E-state index < -0.39 is 8.07 Å². The van der Waals surface area contributed by atoms with Crippen LogP contribution in [0.15, 0.2) is 28.8 Å². The monoisotopic (exact) mass is 289 g/mol. The summed E-state index contributed by atoms with van der Waals surface area (Å²) < 4.78 is 5.07. The number of nitrogens with zero attached hydrogens (tertiary/aromatic N) is 2. The molecule has 0 saturated heterocycles. The zero-order valence-corrected chi connectivity index (χ0v) is 13.7. The lowest BCUT2D eigenvalue weighted by Gasteiger charge is -2.16. The van der Waals surface area contributed by atoms with Crippen molar-refractivity contribution in [3.05, 3.63) is 41.5 Å². The van der Waals surface area contributed by atoms with E-state index in [2.05, 4.69) is 59.4 Å². The molecule has 0 radical (unpaired) electrons. The summed E-state index contributed by atoms with van der Waals surface area (Å²) in [7, 11) is -1.18. The van der Waals surface area contributed by atoms with E-state index in [4.69, 9.17) is 4.52 Å². The second-order valence-corrected chi connectivity index (χ2v) is 11.2. The molecule has 0 aliphatic carbocycles. The number of aryl methyl sites for hydroxylation is 1. The molecule has 5 heteroatoms. The maximum absolute atomic E-state index is 5.07. The summed E-state index contributed by atoms with van der Waals surface area (Å²) in [6.07, 6.45) is 0.772. The van der Waals surface area contributed by atoms with Gasteiger partial charge >= 0.3 is 0 Å². The van der Waals surface area contributed by atoms with Gasteiger partial charge in [-0.05, 0) is 12.5 Å². The van der Waals surface area contributed by atoms with E-state index >= 15 is 0 Å². The van der Waals surface area contributed by atoms with E-state index in [-0.39, 0.29) is 0 Å². The third-order valence-electron chi connectivity index (χ3n) is 3.23. The number of aromatic nitrogens is 2. The molecule has 0 unspecified atom stereocenters. The minimum Gasteiger partial charge on any atom is -0.339 e. The normalized spacial score (nSPS) is 11.8. The van der Waals surface area contributed by atoms with Crippen LogP contribution >= 0.6 is 0 Å². The van der Waals surface area contributed by atoms with Gasteiger partial charge in [0.05, 0.1) is 8.07 Å². The minimum atomic E-state index is -1.18. The van der Waals surface area contributed by atoms with Crippen LogP contribution in [0.3, 0.4) is 0 Å². The van der Waals surface area contributed by atoms with Gasteiger partial charge in [0.1, 0.15) is 0 Å². The van der Waals surface area contributed by atoms with E-state index in [1.165, 1.54) is 10.8 Å². The Morgan fingerprint density at radius 2 is 1.85 bits per heavy atom. The molecule has 0 saturated carbocycles. The molecule has 108 valence electrons. The second kappa shape index (κ2) is 6.32. The number of rotatable bonds is 6. The summed E-state index contributed by atoms with van der Waals surface area (Å²) in [6.45, 7) is 10.7.